The zero-order valence-corrected chi connectivity index (χ0v) is 11.1. The topological polar surface area (TPSA) is 50.2 Å². The summed E-state index contributed by atoms with van der Waals surface area (Å²) < 4.78 is 1.81. The molecule has 0 radical (unpaired) electrons. The highest BCUT2D eigenvalue weighted by Gasteiger charge is 2.17. The van der Waals surface area contributed by atoms with Crippen LogP contribution in [0.25, 0.3) is 0 Å². The first kappa shape index (κ1) is 13.7. The van der Waals surface area contributed by atoms with Crippen LogP contribution in [0.3, 0.4) is 0 Å². The number of nitrogens with one attached hydrogen (secondary N) is 1. The van der Waals surface area contributed by atoms with E-state index in [4.69, 9.17) is 0 Å². The predicted molar refractivity (Wildman–Crippen MR) is 67.4 cm³/mol. The Morgan fingerprint density at radius 3 is 2.65 bits per heavy atom. The monoisotopic (exact) mass is 238 g/mol. The molecule has 1 rings (SSSR count). The molecule has 1 N–H and O–H groups in total. The maximum absolute atomic E-state index is 12.0. The molecule has 1 aromatic heterocycles. The molecule has 17 heavy (non-hydrogen) atoms. The minimum Gasteiger partial charge on any atom is -0.342 e. The second kappa shape index (κ2) is 6.39. The highest BCUT2D eigenvalue weighted by molar-refractivity contribution is 5.81. The molecule has 1 atom stereocenters. The Labute approximate surface area is 103 Å². The smallest absolute Gasteiger partial charge is 0.239 e. The minimum absolute atomic E-state index is 0.150. The van der Waals surface area contributed by atoms with Gasteiger partial charge in [-0.25, -0.2) is 0 Å². The van der Waals surface area contributed by atoms with Gasteiger partial charge in [-0.2, -0.15) is 5.10 Å². The molecule has 0 saturated carbocycles. The molecule has 1 amide bonds. The molecule has 0 aliphatic heterocycles. The van der Waals surface area contributed by atoms with Crippen LogP contribution >= 0.6 is 0 Å². The second-order valence-electron chi connectivity index (χ2n) is 4.06. The van der Waals surface area contributed by atoms with Crippen molar-refractivity contribution in [3.63, 3.8) is 0 Å². The summed E-state index contributed by atoms with van der Waals surface area (Å²) in [6.45, 7) is 8.06. The fourth-order valence-electron chi connectivity index (χ4n) is 1.73. The van der Waals surface area contributed by atoms with Gasteiger partial charge in [-0.1, -0.05) is 0 Å². The molecule has 0 aliphatic rings. The van der Waals surface area contributed by atoms with Crippen LogP contribution in [0.1, 0.15) is 26.5 Å². The summed E-state index contributed by atoms with van der Waals surface area (Å²) >= 11 is 0. The number of aryl methyl sites for hydroxylation is 1. The molecule has 5 heteroatoms. The average molecular weight is 238 g/mol. The lowest BCUT2D eigenvalue weighted by Crippen LogP contribution is -2.44. The third kappa shape index (κ3) is 3.56. The van der Waals surface area contributed by atoms with E-state index in [0.717, 1.165) is 18.8 Å². The van der Waals surface area contributed by atoms with Crippen LogP contribution in [-0.4, -0.2) is 39.7 Å². The quantitative estimate of drug-likeness (QED) is 0.796. The molecule has 0 spiro atoms. The number of likely N-dealkylation sites (N-methyl/N-ethyl adjacent to an activating group) is 1. The van der Waals surface area contributed by atoms with E-state index in [1.807, 2.05) is 43.5 Å². The van der Waals surface area contributed by atoms with E-state index >= 15 is 0 Å². The van der Waals surface area contributed by atoms with Crippen LogP contribution in [0.5, 0.6) is 0 Å². The second-order valence-corrected chi connectivity index (χ2v) is 4.06. The first-order chi connectivity index (χ1) is 8.10. The molecule has 1 aromatic rings. The van der Waals surface area contributed by atoms with Crippen molar-refractivity contribution in [2.45, 2.75) is 33.4 Å². The maximum Gasteiger partial charge on any atom is 0.239 e. The van der Waals surface area contributed by atoms with Gasteiger partial charge >= 0.3 is 0 Å². The number of nitrogens with zero attached hydrogens (tertiary/aromatic N) is 3. The van der Waals surface area contributed by atoms with Gasteiger partial charge in [0.15, 0.2) is 0 Å². The van der Waals surface area contributed by atoms with Gasteiger partial charge in [-0.05, 0) is 26.8 Å². The minimum atomic E-state index is -0.162. The van der Waals surface area contributed by atoms with E-state index in [1.165, 1.54) is 0 Å². The van der Waals surface area contributed by atoms with Gasteiger partial charge in [-0.15, -0.1) is 0 Å². The van der Waals surface area contributed by atoms with Crippen LogP contribution in [0, 0.1) is 0 Å². The van der Waals surface area contributed by atoms with Crippen LogP contribution < -0.4 is 5.32 Å². The fourth-order valence-corrected chi connectivity index (χ4v) is 1.73. The summed E-state index contributed by atoms with van der Waals surface area (Å²) in [4.78, 5) is 13.8. The van der Waals surface area contributed by atoms with Gasteiger partial charge < -0.3 is 10.2 Å². The van der Waals surface area contributed by atoms with Crippen molar-refractivity contribution in [3.05, 3.63) is 18.0 Å². The van der Waals surface area contributed by atoms with Gasteiger partial charge in [0.2, 0.25) is 5.91 Å². The van der Waals surface area contributed by atoms with Crippen molar-refractivity contribution < 1.29 is 4.79 Å². The van der Waals surface area contributed by atoms with Gasteiger partial charge in [0.1, 0.15) is 0 Å². The first-order valence-corrected chi connectivity index (χ1v) is 6.09. The number of carbonyl (C=O) groups excluding carboxylic acids is 1. The summed E-state index contributed by atoms with van der Waals surface area (Å²) in [6, 6.07) is 1.78. The van der Waals surface area contributed by atoms with Crippen molar-refractivity contribution in [1.82, 2.24) is 20.0 Å². The van der Waals surface area contributed by atoms with Crippen LogP contribution in [0.2, 0.25) is 0 Å². The fraction of sp³-hybridized carbons (Fsp3) is 0.667. The number of hydrogen-bond acceptors (Lipinski definition) is 3. The van der Waals surface area contributed by atoms with Gasteiger partial charge in [-0.3, -0.25) is 9.48 Å². The van der Waals surface area contributed by atoms with E-state index < -0.39 is 0 Å². The Kier molecular flexibility index (Phi) is 5.15. The van der Waals surface area contributed by atoms with Crippen molar-refractivity contribution in [2.75, 3.05) is 13.1 Å². The molecular formula is C12H22N4O. The Balaban J connectivity index is 2.47. The van der Waals surface area contributed by atoms with Gasteiger partial charge in [0.25, 0.3) is 0 Å². The highest BCUT2D eigenvalue weighted by Crippen LogP contribution is 1.99. The molecule has 0 aliphatic carbocycles. The van der Waals surface area contributed by atoms with Gasteiger partial charge in [0, 0.05) is 32.9 Å². The van der Waals surface area contributed by atoms with Crippen molar-refractivity contribution in [2.24, 2.45) is 7.05 Å². The Hall–Kier alpha value is -1.36. The third-order valence-electron chi connectivity index (χ3n) is 2.96. The summed E-state index contributed by atoms with van der Waals surface area (Å²) in [5, 5.41) is 7.31. The highest BCUT2D eigenvalue weighted by atomic mass is 16.2. The summed E-state index contributed by atoms with van der Waals surface area (Å²) in [7, 11) is 1.90. The SMILES string of the molecule is CCN(CC)C(=O)C(C)NCc1ccnn1C. The maximum atomic E-state index is 12.0. The number of aromatic nitrogens is 2. The normalized spacial score (nSPS) is 12.5. The third-order valence-corrected chi connectivity index (χ3v) is 2.96. The number of rotatable bonds is 6. The molecule has 0 bridgehead atoms. The molecule has 5 nitrogen and oxygen atoms in total. The van der Waals surface area contributed by atoms with Crippen LogP contribution in [0.4, 0.5) is 0 Å². The zero-order chi connectivity index (χ0) is 12.8. The van der Waals surface area contributed by atoms with Crippen molar-refractivity contribution >= 4 is 5.91 Å². The number of amides is 1. The van der Waals surface area contributed by atoms with Crippen LogP contribution in [0.15, 0.2) is 12.3 Å². The standard InChI is InChI=1S/C12H22N4O/c1-5-16(6-2)12(17)10(3)13-9-11-7-8-14-15(11)4/h7-8,10,13H,5-6,9H2,1-4H3. The van der Waals surface area contributed by atoms with Crippen molar-refractivity contribution in [3.8, 4) is 0 Å². The lowest BCUT2D eigenvalue weighted by molar-refractivity contribution is -0.132. The van der Waals surface area contributed by atoms with E-state index in [2.05, 4.69) is 10.4 Å². The summed E-state index contributed by atoms with van der Waals surface area (Å²) in [6.07, 6.45) is 1.76. The summed E-state index contributed by atoms with van der Waals surface area (Å²) in [5.41, 5.74) is 1.07. The molecule has 1 heterocycles. The zero-order valence-electron chi connectivity index (χ0n) is 11.1. The lowest BCUT2D eigenvalue weighted by Gasteiger charge is -2.23. The van der Waals surface area contributed by atoms with E-state index in [1.54, 1.807) is 6.20 Å². The predicted octanol–water partition coefficient (Wildman–Crippen LogP) is 0.767. The van der Waals surface area contributed by atoms with Crippen molar-refractivity contribution in [1.29, 1.82) is 0 Å². The van der Waals surface area contributed by atoms with E-state index in [-0.39, 0.29) is 11.9 Å². The molecule has 96 valence electrons. The van der Waals surface area contributed by atoms with Gasteiger partial charge in [0.05, 0.1) is 11.7 Å². The van der Waals surface area contributed by atoms with Crippen LogP contribution in [-0.2, 0) is 18.4 Å². The molecule has 1 unspecified atom stereocenters. The Morgan fingerprint density at radius 2 is 2.18 bits per heavy atom. The largest absolute Gasteiger partial charge is 0.342 e. The Bertz CT molecular complexity index is 357. The number of carbonyl (C=O) groups is 1. The molecular weight excluding hydrogens is 216 g/mol. The average Bonchev–Trinajstić information content (AvgIpc) is 2.73. The molecule has 0 aromatic carbocycles. The Morgan fingerprint density at radius 1 is 1.53 bits per heavy atom. The lowest BCUT2D eigenvalue weighted by atomic mass is 10.2. The molecule has 0 saturated heterocycles. The van der Waals surface area contributed by atoms with E-state index in [0.29, 0.717) is 6.54 Å². The molecule has 0 fully saturated rings. The number of hydrogen-bond donors (Lipinski definition) is 1. The summed E-state index contributed by atoms with van der Waals surface area (Å²) in [5.74, 6) is 0.150. The van der Waals surface area contributed by atoms with E-state index in [9.17, 15) is 4.79 Å². The first-order valence-electron chi connectivity index (χ1n) is 6.09.